The lowest BCUT2D eigenvalue weighted by molar-refractivity contribution is 0.331. The molecule has 0 fully saturated rings. The van der Waals surface area contributed by atoms with Crippen molar-refractivity contribution in [3.63, 3.8) is 0 Å². The second-order valence-corrected chi connectivity index (χ2v) is 3.95. The SMILES string of the molecule is CC/C=C(\C)N(CCCC)CCCC. The smallest absolute Gasteiger partial charge is 0.0174 e. The fraction of sp³-hybridized carbons (Fsp3) is 0.846. The fourth-order valence-corrected chi connectivity index (χ4v) is 1.59. The van der Waals surface area contributed by atoms with Crippen LogP contribution in [0.4, 0.5) is 0 Å². The molecule has 1 heteroatoms. The Hall–Kier alpha value is -0.460. The zero-order valence-electron chi connectivity index (χ0n) is 10.5. The van der Waals surface area contributed by atoms with Gasteiger partial charge < -0.3 is 4.90 Å². The Morgan fingerprint density at radius 3 is 1.86 bits per heavy atom. The molecule has 0 saturated heterocycles. The highest BCUT2D eigenvalue weighted by atomic mass is 15.1. The molecule has 0 saturated carbocycles. The van der Waals surface area contributed by atoms with E-state index in [9.17, 15) is 0 Å². The summed E-state index contributed by atoms with van der Waals surface area (Å²) in [5, 5.41) is 0. The predicted octanol–water partition coefficient (Wildman–Crippen LogP) is 4.20. The standard InChI is InChI=1S/C13H27N/c1-5-8-11-14(12-9-6-2)13(4)10-7-3/h10H,5-9,11-12H2,1-4H3/b13-10+. The van der Waals surface area contributed by atoms with Crippen LogP contribution < -0.4 is 0 Å². The van der Waals surface area contributed by atoms with Gasteiger partial charge in [0.2, 0.25) is 0 Å². The van der Waals surface area contributed by atoms with Gasteiger partial charge in [-0.05, 0) is 26.2 Å². The zero-order valence-corrected chi connectivity index (χ0v) is 10.5. The van der Waals surface area contributed by atoms with Gasteiger partial charge in [-0.25, -0.2) is 0 Å². The Balaban J connectivity index is 4.01. The van der Waals surface area contributed by atoms with Gasteiger partial charge in [0, 0.05) is 18.8 Å². The largest absolute Gasteiger partial charge is 0.375 e. The minimum Gasteiger partial charge on any atom is -0.375 e. The maximum absolute atomic E-state index is 2.54. The molecule has 0 spiro atoms. The van der Waals surface area contributed by atoms with Gasteiger partial charge in [0.1, 0.15) is 0 Å². The summed E-state index contributed by atoms with van der Waals surface area (Å²) in [6.45, 7) is 11.4. The second-order valence-electron chi connectivity index (χ2n) is 3.95. The first-order valence-electron chi connectivity index (χ1n) is 6.17. The second kappa shape index (κ2) is 9.11. The normalized spacial score (nSPS) is 11.9. The number of rotatable bonds is 8. The molecule has 0 unspecified atom stereocenters. The van der Waals surface area contributed by atoms with Crippen molar-refractivity contribution in [2.45, 2.75) is 59.8 Å². The topological polar surface area (TPSA) is 3.24 Å². The minimum atomic E-state index is 1.15. The van der Waals surface area contributed by atoms with Gasteiger partial charge >= 0.3 is 0 Å². The highest BCUT2D eigenvalue weighted by molar-refractivity contribution is 4.96. The Morgan fingerprint density at radius 1 is 1.00 bits per heavy atom. The lowest BCUT2D eigenvalue weighted by Crippen LogP contribution is -2.24. The first kappa shape index (κ1) is 13.5. The molecule has 0 rings (SSSR count). The number of unbranched alkanes of at least 4 members (excludes halogenated alkanes) is 2. The summed E-state index contributed by atoms with van der Waals surface area (Å²) >= 11 is 0. The molecule has 14 heavy (non-hydrogen) atoms. The van der Waals surface area contributed by atoms with E-state index in [4.69, 9.17) is 0 Å². The average molecular weight is 197 g/mol. The Kier molecular flexibility index (Phi) is 8.81. The molecule has 0 radical (unpaired) electrons. The summed E-state index contributed by atoms with van der Waals surface area (Å²) in [7, 11) is 0. The fourth-order valence-electron chi connectivity index (χ4n) is 1.59. The van der Waals surface area contributed by atoms with Crippen molar-refractivity contribution in [1.82, 2.24) is 4.90 Å². The first-order chi connectivity index (χ1) is 6.76. The Labute approximate surface area is 90.2 Å². The highest BCUT2D eigenvalue weighted by Gasteiger charge is 2.02. The van der Waals surface area contributed by atoms with Crippen LogP contribution in [0.15, 0.2) is 11.8 Å². The van der Waals surface area contributed by atoms with Gasteiger partial charge in [-0.3, -0.25) is 0 Å². The summed E-state index contributed by atoms with van der Waals surface area (Å²) in [5.41, 5.74) is 1.47. The van der Waals surface area contributed by atoms with Gasteiger partial charge in [-0.2, -0.15) is 0 Å². The van der Waals surface area contributed by atoms with Gasteiger partial charge in [0.15, 0.2) is 0 Å². The van der Waals surface area contributed by atoms with Crippen molar-refractivity contribution in [3.05, 3.63) is 11.8 Å². The minimum absolute atomic E-state index is 1.15. The number of nitrogens with zero attached hydrogens (tertiary/aromatic N) is 1. The van der Waals surface area contributed by atoms with E-state index in [1.165, 1.54) is 44.5 Å². The number of hydrogen-bond donors (Lipinski definition) is 0. The van der Waals surface area contributed by atoms with E-state index in [1.54, 1.807) is 0 Å². The molecule has 0 aromatic rings. The van der Waals surface area contributed by atoms with E-state index in [0.717, 1.165) is 6.42 Å². The predicted molar refractivity (Wildman–Crippen MR) is 65.4 cm³/mol. The third kappa shape index (κ3) is 6.06. The third-order valence-electron chi connectivity index (χ3n) is 2.56. The van der Waals surface area contributed by atoms with Crippen LogP contribution in [0, 0.1) is 0 Å². The third-order valence-corrected chi connectivity index (χ3v) is 2.56. The molecule has 0 aliphatic heterocycles. The Bertz CT molecular complexity index is 141. The first-order valence-corrected chi connectivity index (χ1v) is 6.17. The van der Waals surface area contributed by atoms with Crippen LogP contribution in [0.1, 0.15) is 59.8 Å². The Morgan fingerprint density at radius 2 is 1.50 bits per heavy atom. The molecule has 1 nitrogen and oxygen atoms in total. The van der Waals surface area contributed by atoms with Crippen molar-refractivity contribution in [2.75, 3.05) is 13.1 Å². The van der Waals surface area contributed by atoms with E-state index in [0.29, 0.717) is 0 Å². The average Bonchev–Trinajstić information content (AvgIpc) is 2.18. The number of hydrogen-bond acceptors (Lipinski definition) is 1. The van der Waals surface area contributed by atoms with Crippen LogP contribution in [0.5, 0.6) is 0 Å². The molecule has 0 aliphatic carbocycles. The van der Waals surface area contributed by atoms with Crippen LogP contribution in [-0.4, -0.2) is 18.0 Å². The highest BCUT2D eigenvalue weighted by Crippen LogP contribution is 2.08. The van der Waals surface area contributed by atoms with Crippen molar-refractivity contribution in [1.29, 1.82) is 0 Å². The van der Waals surface area contributed by atoms with E-state index < -0.39 is 0 Å². The van der Waals surface area contributed by atoms with Crippen molar-refractivity contribution < 1.29 is 0 Å². The molecule has 0 heterocycles. The van der Waals surface area contributed by atoms with E-state index in [-0.39, 0.29) is 0 Å². The monoisotopic (exact) mass is 197 g/mol. The molecular weight excluding hydrogens is 170 g/mol. The quantitative estimate of drug-likeness (QED) is 0.563. The van der Waals surface area contributed by atoms with Gasteiger partial charge in [-0.1, -0.05) is 39.7 Å². The summed E-state index contributed by atoms with van der Waals surface area (Å²) in [5.74, 6) is 0. The molecule has 0 bridgehead atoms. The van der Waals surface area contributed by atoms with Crippen LogP contribution in [0.2, 0.25) is 0 Å². The van der Waals surface area contributed by atoms with E-state index in [2.05, 4.69) is 38.7 Å². The van der Waals surface area contributed by atoms with Crippen LogP contribution in [0.25, 0.3) is 0 Å². The van der Waals surface area contributed by atoms with Crippen LogP contribution >= 0.6 is 0 Å². The van der Waals surface area contributed by atoms with Gasteiger partial charge in [0.25, 0.3) is 0 Å². The summed E-state index contributed by atoms with van der Waals surface area (Å²) < 4.78 is 0. The van der Waals surface area contributed by atoms with Gasteiger partial charge in [-0.15, -0.1) is 0 Å². The van der Waals surface area contributed by atoms with Crippen molar-refractivity contribution in [3.8, 4) is 0 Å². The maximum Gasteiger partial charge on any atom is 0.0174 e. The molecule has 0 amide bonds. The molecular formula is C13H27N. The van der Waals surface area contributed by atoms with Crippen molar-refractivity contribution >= 4 is 0 Å². The maximum atomic E-state index is 2.54. The summed E-state index contributed by atoms with van der Waals surface area (Å²) in [4.78, 5) is 2.54. The van der Waals surface area contributed by atoms with E-state index in [1.807, 2.05) is 0 Å². The number of allylic oxidation sites excluding steroid dienone is 2. The van der Waals surface area contributed by atoms with Crippen LogP contribution in [-0.2, 0) is 0 Å². The van der Waals surface area contributed by atoms with E-state index >= 15 is 0 Å². The molecule has 0 aliphatic rings. The summed E-state index contributed by atoms with van der Waals surface area (Å²) in [6.07, 6.45) is 8.72. The molecule has 84 valence electrons. The lowest BCUT2D eigenvalue weighted by Gasteiger charge is -2.25. The van der Waals surface area contributed by atoms with Gasteiger partial charge in [0.05, 0.1) is 0 Å². The van der Waals surface area contributed by atoms with Crippen molar-refractivity contribution in [2.24, 2.45) is 0 Å². The lowest BCUT2D eigenvalue weighted by atomic mass is 10.2. The van der Waals surface area contributed by atoms with Crippen LogP contribution in [0.3, 0.4) is 0 Å². The molecule has 0 aromatic heterocycles. The zero-order chi connectivity index (χ0) is 10.8. The molecule has 0 aromatic carbocycles. The molecule has 0 N–H and O–H groups in total. The summed E-state index contributed by atoms with van der Waals surface area (Å²) in [6, 6.07) is 0. The molecule has 0 atom stereocenters.